The summed E-state index contributed by atoms with van der Waals surface area (Å²) in [6.07, 6.45) is 2.11. The van der Waals surface area contributed by atoms with Gasteiger partial charge in [0.1, 0.15) is 6.04 Å². The number of nitrogens with zero attached hydrogens (tertiary/aromatic N) is 2. The van der Waals surface area contributed by atoms with Gasteiger partial charge in [-0.15, -0.1) is 0 Å². The topological polar surface area (TPSA) is 92.9 Å². The number of rotatable bonds is 6. The van der Waals surface area contributed by atoms with Gasteiger partial charge in [-0.1, -0.05) is 6.92 Å². The lowest BCUT2D eigenvalue weighted by Gasteiger charge is -2.24. The van der Waals surface area contributed by atoms with Crippen LogP contribution < -0.4 is 9.64 Å². The van der Waals surface area contributed by atoms with Crippen molar-refractivity contribution in [2.45, 2.75) is 32.2 Å². The molecule has 1 saturated heterocycles. The van der Waals surface area contributed by atoms with Crippen molar-refractivity contribution in [2.75, 3.05) is 18.1 Å². The van der Waals surface area contributed by atoms with E-state index in [0.717, 1.165) is 12.8 Å². The van der Waals surface area contributed by atoms with Gasteiger partial charge in [-0.05, 0) is 25.3 Å². The molecular formula is C14H18N2O5. The van der Waals surface area contributed by atoms with Crippen LogP contribution in [0.1, 0.15) is 26.2 Å². The van der Waals surface area contributed by atoms with E-state index >= 15 is 0 Å². The van der Waals surface area contributed by atoms with E-state index in [1.807, 2.05) is 6.92 Å². The lowest BCUT2D eigenvalue weighted by molar-refractivity contribution is -0.385. The van der Waals surface area contributed by atoms with E-state index < -0.39 is 16.9 Å². The maximum absolute atomic E-state index is 11.2. The molecule has 1 aliphatic heterocycles. The first kappa shape index (κ1) is 15.1. The van der Waals surface area contributed by atoms with E-state index in [-0.39, 0.29) is 11.4 Å². The van der Waals surface area contributed by atoms with Gasteiger partial charge in [-0.25, -0.2) is 4.79 Å². The van der Waals surface area contributed by atoms with Crippen LogP contribution >= 0.6 is 0 Å². The summed E-state index contributed by atoms with van der Waals surface area (Å²) < 4.78 is 5.43. The summed E-state index contributed by atoms with van der Waals surface area (Å²) in [6.45, 7) is 2.92. The summed E-state index contributed by atoms with van der Waals surface area (Å²) in [5.41, 5.74) is 0.551. The average molecular weight is 294 g/mol. The Bertz CT molecular complexity index is 546. The minimum atomic E-state index is -0.873. The van der Waals surface area contributed by atoms with Gasteiger partial charge >= 0.3 is 11.7 Å². The van der Waals surface area contributed by atoms with Crippen LogP contribution in [0, 0.1) is 10.1 Å². The highest BCUT2D eigenvalue weighted by molar-refractivity contribution is 5.79. The van der Waals surface area contributed by atoms with Crippen molar-refractivity contribution < 1.29 is 19.6 Å². The van der Waals surface area contributed by atoms with Crippen molar-refractivity contribution in [1.82, 2.24) is 0 Å². The Morgan fingerprint density at radius 3 is 2.95 bits per heavy atom. The van der Waals surface area contributed by atoms with Crippen LogP contribution in [-0.2, 0) is 4.79 Å². The number of benzene rings is 1. The van der Waals surface area contributed by atoms with E-state index in [1.165, 1.54) is 6.07 Å². The third-order valence-corrected chi connectivity index (χ3v) is 3.47. The molecule has 0 spiro atoms. The largest absolute Gasteiger partial charge is 0.487 e. The second-order valence-corrected chi connectivity index (χ2v) is 4.95. The first-order valence-electron chi connectivity index (χ1n) is 6.95. The Hall–Kier alpha value is -2.31. The fourth-order valence-corrected chi connectivity index (χ4v) is 2.49. The Kier molecular flexibility index (Phi) is 4.62. The SMILES string of the molecule is CCCOc1cc(N2CCCC2C(=O)O)ccc1[N+](=O)[O-]. The third-order valence-electron chi connectivity index (χ3n) is 3.47. The van der Waals surface area contributed by atoms with E-state index in [2.05, 4.69) is 0 Å². The summed E-state index contributed by atoms with van der Waals surface area (Å²) in [5.74, 6) is -0.683. The van der Waals surface area contributed by atoms with Crippen LogP contribution in [-0.4, -0.2) is 35.2 Å². The van der Waals surface area contributed by atoms with Gasteiger partial charge < -0.3 is 14.7 Å². The van der Waals surface area contributed by atoms with Crippen LogP contribution in [0.3, 0.4) is 0 Å². The molecule has 1 unspecified atom stereocenters. The maximum atomic E-state index is 11.2. The average Bonchev–Trinajstić information content (AvgIpc) is 2.94. The maximum Gasteiger partial charge on any atom is 0.326 e. The second kappa shape index (κ2) is 6.43. The number of anilines is 1. The lowest BCUT2D eigenvalue weighted by atomic mass is 10.2. The predicted octanol–water partition coefficient (Wildman–Crippen LogP) is 2.44. The third kappa shape index (κ3) is 3.24. The first-order chi connectivity index (χ1) is 10.0. The van der Waals surface area contributed by atoms with Gasteiger partial charge in [0, 0.05) is 24.4 Å². The highest BCUT2D eigenvalue weighted by atomic mass is 16.6. The number of carbonyl (C=O) groups is 1. The molecule has 1 aliphatic rings. The minimum absolute atomic E-state index is 0.0988. The van der Waals surface area contributed by atoms with Crippen molar-refractivity contribution >= 4 is 17.3 Å². The molecule has 1 atom stereocenters. The van der Waals surface area contributed by atoms with Gasteiger partial charge in [0.25, 0.3) is 0 Å². The second-order valence-electron chi connectivity index (χ2n) is 4.95. The number of nitro groups is 1. The van der Waals surface area contributed by atoms with Crippen molar-refractivity contribution in [3.05, 3.63) is 28.3 Å². The van der Waals surface area contributed by atoms with Crippen LogP contribution in [0.15, 0.2) is 18.2 Å². The Morgan fingerprint density at radius 1 is 1.57 bits per heavy atom. The number of carboxylic acids is 1. The molecule has 7 nitrogen and oxygen atoms in total. The number of ether oxygens (including phenoxy) is 1. The number of hydrogen-bond acceptors (Lipinski definition) is 5. The molecule has 0 aliphatic carbocycles. The summed E-state index contributed by atoms with van der Waals surface area (Å²) in [6, 6.07) is 3.94. The van der Waals surface area contributed by atoms with Crippen LogP contribution in [0.2, 0.25) is 0 Å². The van der Waals surface area contributed by atoms with Gasteiger partial charge in [0.2, 0.25) is 0 Å². The highest BCUT2D eigenvalue weighted by Gasteiger charge is 2.31. The molecule has 1 fully saturated rings. The van der Waals surface area contributed by atoms with Crippen LogP contribution in [0.4, 0.5) is 11.4 Å². The fraction of sp³-hybridized carbons (Fsp3) is 0.500. The summed E-state index contributed by atoms with van der Waals surface area (Å²) in [4.78, 5) is 23.5. The van der Waals surface area contributed by atoms with Crippen LogP contribution in [0.25, 0.3) is 0 Å². The molecule has 114 valence electrons. The normalized spacial score (nSPS) is 17.8. The zero-order valence-corrected chi connectivity index (χ0v) is 11.8. The number of hydrogen-bond donors (Lipinski definition) is 1. The number of carboxylic acid groups (broad SMARTS) is 1. The quantitative estimate of drug-likeness (QED) is 0.640. The van der Waals surface area contributed by atoms with E-state index in [9.17, 15) is 20.0 Å². The zero-order valence-electron chi connectivity index (χ0n) is 11.8. The molecule has 7 heteroatoms. The molecule has 0 aromatic heterocycles. The first-order valence-corrected chi connectivity index (χ1v) is 6.95. The molecule has 0 saturated carbocycles. The molecule has 2 rings (SSSR count). The van der Waals surface area contributed by atoms with Gasteiger partial charge in [-0.3, -0.25) is 10.1 Å². The summed E-state index contributed by atoms with van der Waals surface area (Å²) in [7, 11) is 0. The molecule has 0 bridgehead atoms. The number of nitro benzene ring substituents is 1. The minimum Gasteiger partial charge on any atom is -0.487 e. The van der Waals surface area contributed by atoms with Gasteiger partial charge in [0.15, 0.2) is 5.75 Å². The molecule has 1 N–H and O–H groups in total. The van der Waals surface area contributed by atoms with E-state index in [1.54, 1.807) is 17.0 Å². The molecule has 1 aromatic rings. The summed E-state index contributed by atoms with van der Waals surface area (Å²) >= 11 is 0. The highest BCUT2D eigenvalue weighted by Crippen LogP contribution is 2.34. The molecule has 1 heterocycles. The Labute approximate surface area is 122 Å². The monoisotopic (exact) mass is 294 g/mol. The van der Waals surface area contributed by atoms with E-state index in [0.29, 0.717) is 25.3 Å². The smallest absolute Gasteiger partial charge is 0.326 e. The van der Waals surface area contributed by atoms with Crippen LogP contribution in [0.5, 0.6) is 5.75 Å². The fourth-order valence-electron chi connectivity index (χ4n) is 2.49. The Morgan fingerprint density at radius 2 is 2.33 bits per heavy atom. The van der Waals surface area contributed by atoms with E-state index in [4.69, 9.17) is 4.74 Å². The molecule has 21 heavy (non-hydrogen) atoms. The Balaban J connectivity index is 2.32. The predicted molar refractivity (Wildman–Crippen MR) is 76.9 cm³/mol. The lowest BCUT2D eigenvalue weighted by Crippen LogP contribution is -2.35. The van der Waals surface area contributed by atoms with Crippen molar-refractivity contribution in [3.8, 4) is 5.75 Å². The summed E-state index contributed by atoms with van der Waals surface area (Å²) in [5, 5.41) is 20.2. The van der Waals surface area contributed by atoms with Crippen molar-refractivity contribution in [2.24, 2.45) is 0 Å². The molecular weight excluding hydrogens is 276 g/mol. The standard InChI is InChI=1S/C14H18N2O5/c1-2-8-21-13-9-10(5-6-11(13)16(19)20)15-7-3-4-12(15)14(17)18/h5-6,9,12H,2-4,7-8H2,1H3,(H,17,18). The molecule has 0 amide bonds. The van der Waals surface area contributed by atoms with Gasteiger partial charge in [-0.2, -0.15) is 0 Å². The van der Waals surface area contributed by atoms with Crippen molar-refractivity contribution in [1.29, 1.82) is 0 Å². The molecule has 0 radical (unpaired) electrons. The van der Waals surface area contributed by atoms with Gasteiger partial charge in [0.05, 0.1) is 11.5 Å². The number of aliphatic carboxylic acids is 1. The zero-order chi connectivity index (χ0) is 15.4. The molecule has 1 aromatic carbocycles. The van der Waals surface area contributed by atoms with Crippen molar-refractivity contribution in [3.63, 3.8) is 0 Å².